The molecule has 3 unspecified atom stereocenters. The van der Waals surface area contributed by atoms with E-state index in [0.717, 1.165) is 11.1 Å². The summed E-state index contributed by atoms with van der Waals surface area (Å²) in [5.41, 5.74) is 1.84. The summed E-state index contributed by atoms with van der Waals surface area (Å²) in [5.74, 6) is 0.450. The van der Waals surface area contributed by atoms with E-state index in [1.165, 1.54) is 0 Å². The van der Waals surface area contributed by atoms with Crippen molar-refractivity contribution in [3.05, 3.63) is 65.7 Å². The summed E-state index contributed by atoms with van der Waals surface area (Å²) in [6.45, 7) is 4.04. The summed E-state index contributed by atoms with van der Waals surface area (Å²) in [6.07, 6.45) is -1.29. The van der Waals surface area contributed by atoms with Gasteiger partial charge < -0.3 is 24.4 Å². The van der Waals surface area contributed by atoms with Gasteiger partial charge in [-0.25, -0.2) is 9.18 Å². The molecular weight excluding hydrogens is 448 g/mol. The molecule has 1 amide bonds. The number of hydrogen-bond donors (Lipinski definition) is 2. The van der Waals surface area contributed by atoms with Crippen molar-refractivity contribution < 1.29 is 32.9 Å². The van der Waals surface area contributed by atoms with Crippen molar-refractivity contribution in [3.8, 4) is 5.75 Å². The van der Waals surface area contributed by atoms with Crippen LogP contribution in [0.1, 0.15) is 43.9 Å². The second-order valence-electron chi connectivity index (χ2n) is 7.77. The zero-order chi connectivity index (χ0) is 24.1. The van der Waals surface area contributed by atoms with Gasteiger partial charge in [-0.15, -0.1) is 0 Å². The van der Waals surface area contributed by atoms with Gasteiger partial charge in [0.2, 0.25) is 7.37 Å². The Kier molecular flexibility index (Phi) is 11.4. The molecule has 9 heteroatoms. The predicted octanol–water partition coefficient (Wildman–Crippen LogP) is 5.44. The number of rotatable bonds is 14. The first kappa shape index (κ1) is 26.8. The van der Waals surface area contributed by atoms with Crippen LogP contribution in [0.5, 0.6) is 5.75 Å². The Bertz CT molecular complexity index is 880. The van der Waals surface area contributed by atoms with E-state index < -0.39 is 19.6 Å². The molecule has 0 saturated carbocycles. The number of hydrogen-bond acceptors (Lipinski definition) is 5. The molecule has 33 heavy (non-hydrogen) atoms. The van der Waals surface area contributed by atoms with Crippen LogP contribution < -0.4 is 10.1 Å². The third kappa shape index (κ3) is 10.8. The van der Waals surface area contributed by atoms with Crippen LogP contribution in [0.2, 0.25) is 0 Å². The van der Waals surface area contributed by atoms with E-state index >= 15 is 0 Å². The van der Waals surface area contributed by atoms with Crippen molar-refractivity contribution in [2.45, 2.75) is 45.5 Å². The van der Waals surface area contributed by atoms with Gasteiger partial charge in [0, 0.05) is 12.8 Å². The molecule has 0 spiro atoms. The van der Waals surface area contributed by atoms with E-state index in [0.29, 0.717) is 25.4 Å². The molecule has 0 fully saturated rings. The van der Waals surface area contributed by atoms with Gasteiger partial charge in [0.05, 0.1) is 12.6 Å². The Morgan fingerprint density at radius 2 is 1.85 bits per heavy atom. The second-order valence-corrected chi connectivity index (χ2v) is 10.2. The number of alkyl carbamates (subject to hydrolysis) is 1. The third-order valence-electron chi connectivity index (χ3n) is 4.89. The fourth-order valence-corrected chi connectivity index (χ4v) is 3.96. The highest BCUT2D eigenvalue weighted by Crippen LogP contribution is 2.41. The number of benzene rings is 2. The monoisotopic (exact) mass is 481 g/mol. The highest BCUT2D eigenvalue weighted by Gasteiger charge is 2.19. The van der Waals surface area contributed by atoms with Crippen molar-refractivity contribution in [3.63, 3.8) is 0 Å². The average Bonchev–Trinajstić information content (AvgIpc) is 2.82. The normalized spacial score (nSPS) is 14.7. The van der Waals surface area contributed by atoms with Gasteiger partial charge in [0.1, 0.15) is 18.5 Å². The summed E-state index contributed by atoms with van der Waals surface area (Å²) in [5, 5.41) is 2.63. The number of halogens is 1. The number of ether oxygens (including phenoxy) is 3. The lowest BCUT2D eigenvalue weighted by atomic mass is 10.1. The van der Waals surface area contributed by atoms with E-state index in [4.69, 9.17) is 14.2 Å². The van der Waals surface area contributed by atoms with Crippen LogP contribution in [0.15, 0.2) is 54.6 Å². The molecule has 2 N–H and O–H groups in total. The first-order valence-electron chi connectivity index (χ1n) is 11.0. The maximum Gasteiger partial charge on any atom is 0.407 e. The van der Waals surface area contributed by atoms with Crippen LogP contribution in [0.25, 0.3) is 0 Å². The van der Waals surface area contributed by atoms with Gasteiger partial charge in [-0.1, -0.05) is 49.4 Å². The topological polar surface area (TPSA) is 94.1 Å². The Balaban J connectivity index is 1.68. The molecule has 0 bridgehead atoms. The lowest BCUT2D eigenvalue weighted by Crippen LogP contribution is -2.29. The van der Waals surface area contributed by atoms with Crippen molar-refractivity contribution >= 4 is 13.5 Å². The molecule has 0 aromatic heterocycles. The quantitative estimate of drug-likeness (QED) is 0.276. The molecule has 0 radical (unpaired) electrons. The minimum Gasteiger partial charge on any atom is -0.484 e. The summed E-state index contributed by atoms with van der Waals surface area (Å²) in [6, 6.07) is 16.2. The maximum atomic E-state index is 13.2. The molecule has 2 aromatic carbocycles. The Morgan fingerprint density at radius 1 is 1.15 bits per heavy atom. The number of carbonyl (C=O) groups is 1. The Morgan fingerprint density at radius 3 is 2.52 bits per heavy atom. The lowest BCUT2D eigenvalue weighted by molar-refractivity contribution is 0.108. The highest BCUT2D eigenvalue weighted by atomic mass is 31.2. The smallest absolute Gasteiger partial charge is 0.407 e. The van der Waals surface area contributed by atoms with E-state index in [1.807, 2.05) is 30.3 Å². The van der Waals surface area contributed by atoms with Crippen LogP contribution in [0.3, 0.4) is 0 Å². The first-order chi connectivity index (χ1) is 15.8. The van der Waals surface area contributed by atoms with E-state index in [9.17, 15) is 18.6 Å². The number of alkyl halides is 1. The molecule has 0 aliphatic carbocycles. The van der Waals surface area contributed by atoms with Gasteiger partial charge in [-0.2, -0.15) is 0 Å². The molecule has 0 heterocycles. The minimum absolute atomic E-state index is 0.112. The molecule has 7 nitrogen and oxygen atoms in total. The number of nitrogens with one attached hydrogen (secondary N) is 1. The van der Waals surface area contributed by atoms with Crippen molar-refractivity contribution in [1.82, 2.24) is 5.32 Å². The van der Waals surface area contributed by atoms with Crippen LogP contribution in [0.4, 0.5) is 9.18 Å². The zero-order valence-corrected chi connectivity index (χ0v) is 20.0. The zero-order valence-electron chi connectivity index (χ0n) is 19.1. The fourth-order valence-electron chi connectivity index (χ4n) is 2.86. The first-order valence-corrected chi connectivity index (χ1v) is 13.0. The van der Waals surface area contributed by atoms with Crippen molar-refractivity contribution in [2.75, 3.05) is 25.7 Å². The van der Waals surface area contributed by atoms with Crippen LogP contribution >= 0.6 is 7.37 Å². The van der Waals surface area contributed by atoms with Crippen LogP contribution in [-0.4, -0.2) is 42.9 Å². The highest BCUT2D eigenvalue weighted by molar-refractivity contribution is 7.57. The van der Waals surface area contributed by atoms with E-state index in [1.54, 1.807) is 38.1 Å². The van der Waals surface area contributed by atoms with Gasteiger partial charge in [0.15, 0.2) is 6.35 Å². The van der Waals surface area contributed by atoms with Crippen molar-refractivity contribution in [2.24, 2.45) is 0 Å². The molecule has 182 valence electrons. The summed E-state index contributed by atoms with van der Waals surface area (Å²) >= 11 is 0. The largest absolute Gasteiger partial charge is 0.484 e. The standard InChI is InChI=1S/C24H33FNO6P/c1-3-22(25)17-31-24(27)26-19(2)21-10-12-23(13-11-21)32-18-33(28,29)15-7-14-30-16-20-8-5-4-6-9-20/h4-6,8-13,19,22H,3,7,14-18H2,1-2H3,(H,26,27)(H,28,29). The van der Waals surface area contributed by atoms with E-state index in [2.05, 4.69) is 5.32 Å². The van der Waals surface area contributed by atoms with Crippen LogP contribution in [0, 0.1) is 0 Å². The summed E-state index contributed by atoms with van der Waals surface area (Å²) in [4.78, 5) is 21.9. The molecule has 0 saturated heterocycles. The number of amides is 1. The van der Waals surface area contributed by atoms with Gasteiger partial charge in [0.25, 0.3) is 0 Å². The van der Waals surface area contributed by atoms with Gasteiger partial charge in [-0.05, 0) is 43.0 Å². The number of carbonyl (C=O) groups excluding carboxylic acids is 1. The van der Waals surface area contributed by atoms with Crippen LogP contribution in [-0.2, 0) is 20.6 Å². The van der Waals surface area contributed by atoms with Crippen molar-refractivity contribution in [1.29, 1.82) is 0 Å². The van der Waals surface area contributed by atoms with Gasteiger partial charge >= 0.3 is 6.09 Å². The van der Waals surface area contributed by atoms with Gasteiger partial charge in [-0.3, -0.25) is 4.57 Å². The molecule has 2 aromatic rings. The summed E-state index contributed by atoms with van der Waals surface area (Å²) < 4.78 is 41.4. The Labute approximate surface area is 194 Å². The molecule has 0 aliphatic heterocycles. The summed E-state index contributed by atoms with van der Waals surface area (Å²) in [7, 11) is -3.45. The molecule has 3 atom stereocenters. The molecular formula is C24H33FNO6P. The second kappa shape index (κ2) is 14.0. The third-order valence-corrected chi connectivity index (χ3v) is 6.44. The lowest BCUT2D eigenvalue weighted by Gasteiger charge is -2.16. The fraction of sp³-hybridized carbons (Fsp3) is 0.458. The molecule has 2 rings (SSSR count). The average molecular weight is 482 g/mol. The predicted molar refractivity (Wildman–Crippen MR) is 125 cm³/mol. The van der Waals surface area contributed by atoms with E-state index in [-0.39, 0.29) is 31.6 Å². The minimum atomic E-state index is -3.45. The molecule has 0 aliphatic rings. The maximum absolute atomic E-state index is 13.2. The SMILES string of the molecule is CCC(F)COC(=O)NC(C)c1ccc(OCP(=O)(O)CCCOCc2ccccc2)cc1. The Hall–Kier alpha value is -2.41.